The number of rotatable bonds is 2. The van der Waals surface area contributed by atoms with Crippen molar-refractivity contribution in [2.75, 3.05) is 18.0 Å². The zero-order valence-corrected chi connectivity index (χ0v) is 20.1. The van der Waals surface area contributed by atoms with Gasteiger partial charge in [0.2, 0.25) is 0 Å². The number of anilines is 1. The van der Waals surface area contributed by atoms with E-state index in [0.717, 1.165) is 50.7 Å². The van der Waals surface area contributed by atoms with E-state index in [1.54, 1.807) is 0 Å². The number of hydrogen-bond donors (Lipinski definition) is 4. The molecule has 3 atom stereocenters. The van der Waals surface area contributed by atoms with E-state index in [1.165, 1.54) is 6.07 Å². The maximum atomic E-state index is 13.9. The molecule has 0 bridgehead atoms. The number of carboxylic acid groups (broad SMARTS) is 2. The maximum absolute atomic E-state index is 13.9. The van der Waals surface area contributed by atoms with E-state index in [1.807, 2.05) is 4.90 Å². The summed E-state index contributed by atoms with van der Waals surface area (Å²) < 4.78 is 116. The van der Waals surface area contributed by atoms with Gasteiger partial charge in [0.15, 0.2) is 0 Å². The standard InChI is InChI=1S/C18H25F4N3.2C2HF3O2/c19-15-10-13(6-7-14(15)18(20,21)22)25-9-3-4-12(11-25)17(24)8-2-1-5-16(17)23;2*3-2(4,5)1(6)7/h6-7,10,12,16H,1-5,8-9,11,23-24H2;2*(H,6,7). The van der Waals surface area contributed by atoms with Crippen molar-refractivity contribution in [1.82, 2.24) is 0 Å². The van der Waals surface area contributed by atoms with Gasteiger partial charge in [0.05, 0.1) is 5.56 Å². The summed E-state index contributed by atoms with van der Waals surface area (Å²) in [6, 6.07) is 3.09. The van der Waals surface area contributed by atoms with E-state index in [2.05, 4.69) is 0 Å². The van der Waals surface area contributed by atoms with Crippen molar-refractivity contribution in [3.63, 3.8) is 0 Å². The lowest BCUT2D eigenvalue weighted by molar-refractivity contribution is -0.193. The second kappa shape index (κ2) is 13.0. The third-order valence-electron chi connectivity index (χ3n) is 6.35. The predicted octanol–water partition coefficient (Wildman–Crippen LogP) is 4.93. The number of nitrogens with zero attached hydrogens (tertiary/aromatic N) is 1. The first kappa shape index (κ1) is 34.2. The number of aliphatic carboxylic acids is 2. The summed E-state index contributed by atoms with van der Waals surface area (Å²) >= 11 is 0. The van der Waals surface area contributed by atoms with Crippen LogP contribution in [0.25, 0.3) is 0 Å². The molecule has 1 saturated heterocycles. The van der Waals surface area contributed by atoms with Gasteiger partial charge in [-0.25, -0.2) is 14.0 Å². The Morgan fingerprint density at radius 1 is 0.897 bits per heavy atom. The van der Waals surface area contributed by atoms with Crippen molar-refractivity contribution >= 4 is 17.6 Å². The molecular weight excluding hydrogens is 560 g/mol. The first-order valence-electron chi connectivity index (χ1n) is 11.4. The summed E-state index contributed by atoms with van der Waals surface area (Å²) in [7, 11) is 0. The fourth-order valence-electron chi connectivity index (χ4n) is 4.34. The number of carbonyl (C=O) groups is 2. The van der Waals surface area contributed by atoms with Gasteiger partial charge < -0.3 is 26.6 Å². The number of halogens is 10. The van der Waals surface area contributed by atoms with E-state index >= 15 is 0 Å². The van der Waals surface area contributed by atoms with Crippen molar-refractivity contribution in [1.29, 1.82) is 0 Å². The van der Waals surface area contributed by atoms with Crippen LogP contribution in [0.2, 0.25) is 0 Å². The minimum atomic E-state index is -5.08. The average Bonchev–Trinajstić information content (AvgIpc) is 2.80. The summed E-state index contributed by atoms with van der Waals surface area (Å²) in [4.78, 5) is 19.7. The molecule has 224 valence electrons. The van der Waals surface area contributed by atoms with Gasteiger partial charge in [-0.3, -0.25) is 0 Å². The highest BCUT2D eigenvalue weighted by molar-refractivity contribution is 5.73. The van der Waals surface area contributed by atoms with E-state index in [-0.39, 0.29) is 12.0 Å². The first-order chi connectivity index (χ1) is 17.6. The topological polar surface area (TPSA) is 130 Å². The Morgan fingerprint density at radius 3 is 1.82 bits per heavy atom. The van der Waals surface area contributed by atoms with Crippen molar-refractivity contribution in [3.05, 3.63) is 29.6 Å². The number of hydrogen-bond acceptors (Lipinski definition) is 5. The van der Waals surface area contributed by atoms with Gasteiger partial charge in [-0.15, -0.1) is 0 Å². The van der Waals surface area contributed by atoms with E-state index in [0.29, 0.717) is 18.8 Å². The Kier molecular flexibility index (Phi) is 11.4. The van der Waals surface area contributed by atoms with Crippen molar-refractivity contribution in [3.8, 4) is 0 Å². The molecular formula is C22H27F10N3O4. The zero-order valence-electron chi connectivity index (χ0n) is 20.1. The number of piperidine rings is 1. The molecule has 1 saturated carbocycles. The highest BCUT2D eigenvalue weighted by atomic mass is 19.4. The molecule has 39 heavy (non-hydrogen) atoms. The van der Waals surface area contributed by atoms with Crippen LogP contribution in [0.5, 0.6) is 0 Å². The molecule has 0 radical (unpaired) electrons. The van der Waals surface area contributed by atoms with Gasteiger partial charge in [0.1, 0.15) is 5.82 Å². The fraction of sp³-hybridized carbons (Fsp3) is 0.636. The van der Waals surface area contributed by atoms with Crippen LogP contribution in [-0.2, 0) is 15.8 Å². The second-order valence-electron chi connectivity index (χ2n) is 9.02. The normalized spacial score (nSPS) is 24.1. The molecule has 17 heteroatoms. The first-order valence-corrected chi connectivity index (χ1v) is 11.4. The Morgan fingerprint density at radius 2 is 1.41 bits per heavy atom. The van der Waals surface area contributed by atoms with Gasteiger partial charge in [-0.05, 0) is 49.8 Å². The monoisotopic (exact) mass is 587 g/mol. The Bertz CT molecular complexity index is 960. The summed E-state index contributed by atoms with van der Waals surface area (Å²) in [6.45, 7) is 1.29. The molecule has 1 aromatic carbocycles. The van der Waals surface area contributed by atoms with Crippen molar-refractivity contribution in [2.45, 2.75) is 68.6 Å². The molecule has 3 rings (SSSR count). The molecule has 2 fully saturated rings. The van der Waals surface area contributed by atoms with E-state index in [9.17, 15) is 43.9 Å². The third-order valence-corrected chi connectivity index (χ3v) is 6.35. The van der Waals surface area contributed by atoms with Crippen LogP contribution in [0.15, 0.2) is 18.2 Å². The maximum Gasteiger partial charge on any atom is 0.490 e. The van der Waals surface area contributed by atoms with E-state index < -0.39 is 47.4 Å². The average molecular weight is 587 g/mol. The van der Waals surface area contributed by atoms with Gasteiger partial charge in [-0.2, -0.15) is 39.5 Å². The van der Waals surface area contributed by atoms with Crippen LogP contribution in [0.3, 0.4) is 0 Å². The van der Waals surface area contributed by atoms with Gasteiger partial charge in [0, 0.05) is 30.4 Å². The molecule has 7 nitrogen and oxygen atoms in total. The summed E-state index contributed by atoms with van der Waals surface area (Å²) in [6.07, 6.45) is -9.11. The summed E-state index contributed by atoms with van der Waals surface area (Å²) in [5.74, 6) is -6.58. The predicted molar refractivity (Wildman–Crippen MR) is 117 cm³/mol. The highest BCUT2D eigenvalue weighted by Crippen LogP contribution is 2.38. The van der Waals surface area contributed by atoms with Crippen LogP contribution in [0.4, 0.5) is 49.6 Å². The van der Waals surface area contributed by atoms with Crippen LogP contribution in [0.1, 0.15) is 44.1 Å². The van der Waals surface area contributed by atoms with Crippen LogP contribution >= 0.6 is 0 Å². The SMILES string of the molecule is NC1CCCCC1(N)C1CCCN(c2ccc(C(F)(F)F)c(F)c2)C1.O=C(O)C(F)(F)F.O=C(O)C(F)(F)F. The van der Waals surface area contributed by atoms with Crippen molar-refractivity contribution in [2.24, 2.45) is 17.4 Å². The summed E-state index contributed by atoms with van der Waals surface area (Å²) in [5.41, 5.74) is 11.8. The molecule has 1 aliphatic carbocycles. The molecule has 1 aliphatic heterocycles. The Labute approximate surface area is 215 Å². The zero-order chi connectivity index (χ0) is 30.4. The smallest absolute Gasteiger partial charge is 0.475 e. The number of carboxylic acids is 2. The highest BCUT2D eigenvalue weighted by Gasteiger charge is 2.44. The van der Waals surface area contributed by atoms with Gasteiger partial charge >= 0.3 is 30.5 Å². The van der Waals surface area contributed by atoms with Crippen molar-refractivity contribution < 1.29 is 63.7 Å². The lowest BCUT2D eigenvalue weighted by Crippen LogP contribution is -2.64. The largest absolute Gasteiger partial charge is 0.490 e. The Balaban J connectivity index is 0.000000449. The minimum absolute atomic E-state index is 0.0597. The van der Waals surface area contributed by atoms with Gasteiger partial charge in [-0.1, -0.05) is 12.8 Å². The molecule has 1 heterocycles. The van der Waals surface area contributed by atoms with Crippen LogP contribution < -0.4 is 16.4 Å². The lowest BCUT2D eigenvalue weighted by atomic mass is 9.68. The molecule has 1 aromatic rings. The van der Waals surface area contributed by atoms with Crippen LogP contribution in [-0.4, -0.2) is 59.2 Å². The molecule has 3 unspecified atom stereocenters. The second-order valence-corrected chi connectivity index (χ2v) is 9.02. The quantitative estimate of drug-likeness (QED) is 0.361. The molecule has 0 amide bonds. The summed E-state index contributed by atoms with van der Waals surface area (Å²) in [5, 5.41) is 14.2. The molecule has 2 aliphatic rings. The molecule has 0 spiro atoms. The third kappa shape index (κ3) is 10.0. The molecule has 0 aromatic heterocycles. The minimum Gasteiger partial charge on any atom is -0.475 e. The number of alkyl halides is 9. The Hall–Kier alpha value is -2.82. The number of nitrogens with two attached hydrogens (primary N) is 2. The number of benzene rings is 1. The lowest BCUT2D eigenvalue weighted by Gasteiger charge is -2.49. The fourth-order valence-corrected chi connectivity index (χ4v) is 4.34. The van der Waals surface area contributed by atoms with E-state index in [4.69, 9.17) is 31.3 Å². The molecule has 6 N–H and O–H groups in total. The van der Waals surface area contributed by atoms with Crippen LogP contribution in [0, 0.1) is 11.7 Å². The van der Waals surface area contributed by atoms with Gasteiger partial charge in [0.25, 0.3) is 0 Å².